The molecule has 20 heavy (non-hydrogen) atoms. The highest BCUT2D eigenvalue weighted by Crippen LogP contribution is 2.28. The number of hydrogen-bond acceptors (Lipinski definition) is 4. The number of rotatable bonds is 10. The van der Waals surface area contributed by atoms with Crippen LogP contribution in [0.25, 0.3) is 0 Å². The number of furan rings is 1. The summed E-state index contributed by atoms with van der Waals surface area (Å²) >= 11 is 0. The molecule has 0 radical (unpaired) electrons. The molecule has 1 N–H and O–H groups in total. The zero-order chi connectivity index (χ0) is 13.8. The van der Waals surface area contributed by atoms with Crippen molar-refractivity contribution in [3.05, 3.63) is 23.7 Å². The molecule has 2 aliphatic carbocycles. The first-order chi connectivity index (χ1) is 9.79. The summed E-state index contributed by atoms with van der Waals surface area (Å²) in [4.78, 5) is 2.25. The lowest BCUT2D eigenvalue weighted by Gasteiger charge is -2.15. The first-order valence-electron chi connectivity index (χ1n) is 7.87. The molecule has 112 valence electrons. The maximum atomic E-state index is 5.84. The summed E-state index contributed by atoms with van der Waals surface area (Å²) in [6.07, 6.45) is 5.36. The summed E-state index contributed by atoms with van der Waals surface area (Å²) in [5.41, 5.74) is 0. The molecule has 0 spiro atoms. The quantitative estimate of drug-likeness (QED) is 0.667. The minimum absolute atomic E-state index is 0.731. The van der Waals surface area contributed by atoms with Crippen LogP contribution in [0.5, 0.6) is 0 Å². The summed E-state index contributed by atoms with van der Waals surface area (Å²) in [5.74, 6) is 2.94. The molecular formula is C16H26N2O2. The van der Waals surface area contributed by atoms with Crippen LogP contribution in [0, 0.1) is 5.92 Å². The van der Waals surface area contributed by atoms with Crippen LogP contribution in [0.1, 0.15) is 37.2 Å². The lowest BCUT2D eigenvalue weighted by Crippen LogP contribution is -2.23. The molecular weight excluding hydrogens is 252 g/mol. The number of ether oxygens (including phenoxy) is 1. The van der Waals surface area contributed by atoms with E-state index < -0.39 is 0 Å². The van der Waals surface area contributed by atoms with Crippen LogP contribution in [-0.4, -0.2) is 37.7 Å². The van der Waals surface area contributed by atoms with Crippen molar-refractivity contribution in [1.82, 2.24) is 10.2 Å². The predicted octanol–water partition coefficient (Wildman–Crippen LogP) is 2.39. The molecule has 0 unspecified atom stereocenters. The smallest absolute Gasteiger partial charge is 0.118 e. The fourth-order valence-corrected chi connectivity index (χ4v) is 2.23. The second-order valence-electron chi connectivity index (χ2n) is 6.28. The summed E-state index contributed by atoms with van der Waals surface area (Å²) in [6.45, 7) is 4.45. The molecule has 0 amide bonds. The van der Waals surface area contributed by atoms with Gasteiger partial charge in [0.2, 0.25) is 0 Å². The lowest BCUT2D eigenvalue weighted by atomic mass is 10.4. The molecule has 3 rings (SSSR count). The SMILES string of the molecule is CN(CCOCC1CC1)Cc1ccc(CNC2CC2)o1. The second kappa shape index (κ2) is 6.74. The Balaban J connectivity index is 1.30. The van der Waals surface area contributed by atoms with Crippen molar-refractivity contribution in [2.75, 3.05) is 26.8 Å². The van der Waals surface area contributed by atoms with Crippen LogP contribution in [-0.2, 0) is 17.8 Å². The van der Waals surface area contributed by atoms with Gasteiger partial charge in [-0.15, -0.1) is 0 Å². The molecule has 1 aromatic heterocycles. The average molecular weight is 278 g/mol. The third kappa shape index (κ3) is 4.93. The zero-order valence-corrected chi connectivity index (χ0v) is 12.4. The lowest BCUT2D eigenvalue weighted by molar-refractivity contribution is 0.0999. The minimum Gasteiger partial charge on any atom is -0.463 e. The van der Waals surface area contributed by atoms with Crippen LogP contribution in [0.15, 0.2) is 16.5 Å². The van der Waals surface area contributed by atoms with Gasteiger partial charge in [0.15, 0.2) is 0 Å². The Morgan fingerprint density at radius 3 is 2.80 bits per heavy atom. The van der Waals surface area contributed by atoms with Crippen LogP contribution in [0.2, 0.25) is 0 Å². The van der Waals surface area contributed by atoms with Gasteiger partial charge in [-0.2, -0.15) is 0 Å². The Hall–Kier alpha value is -0.840. The van der Waals surface area contributed by atoms with Gasteiger partial charge in [-0.3, -0.25) is 4.90 Å². The van der Waals surface area contributed by atoms with E-state index >= 15 is 0 Å². The van der Waals surface area contributed by atoms with Gasteiger partial charge < -0.3 is 14.5 Å². The van der Waals surface area contributed by atoms with Crippen molar-refractivity contribution in [2.24, 2.45) is 5.92 Å². The largest absolute Gasteiger partial charge is 0.463 e. The molecule has 2 aliphatic rings. The summed E-state index contributed by atoms with van der Waals surface area (Å²) in [5, 5.41) is 3.47. The van der Waals surface area contributed by atoms with Gasteiger partial charge in [-0.1, -0.05) is 0 Å². The number of likely N-dealkylation sites (N-methyl/N-ethyl adjacent to an activating group) is 1. The fourth-order valence-electron chi connectivity index (χ4n) is 2.23. The minimum atomic E-state index is 0.731. The van der Waals surface area contributed by atoms with Gasteiger partial charge in [-0.05, 0) is 50.8 Å². The number of nitrogens with zero attached hydrogens (tertiary/aromatic N) is 1. The van der Waals surface area contributed by atoms with Crippen molar-refractivity contribution in [1.29, 1.82) is 0 Å². The molecule has 4 nitrogen and oxygen atoms in total. The molecule has 2 saturated carbocycles. The van der Waals surface area contributed by atoms with E-state index in [9.17, 15) is 0 Å². The third-order valence-electron chi connectivity index (χ3n) is 3.95. The highest BCUT2D eigenvalue weighted by molar-refractivity contribution is 5.07. The van der Waals surface area contributed by atoms with Gasteiger partial charge in [-0.25, -0.2) is 0 Å². The standard InChI is InChI=1S/C16H26N2O2/c1-18(8-9-19-12-13-2-3-13)11-16-7-6-15(20-16)10-17-14-4-5-14/h6-7,13-14,17H,2-5,8-12H2,1H3. The van der Waals surface area contributed by atoms with Gasteiger partial charge >= 0.3 is 0 Å². The Morgan fingerprint density at radius 2 is 2.05 bits per heavy atom. The fraction of sp³-hybridized carbons (Fsp3) is 0.750. The molecule has 1 heterocycles. The molecule has 0 saturated heterocycles. The normalized spacial score (nSPS) is 18.9. The van der Waals surface area contributed by atoms with Crippen molar-refractivity contribution >= 4 is 0 Å². The third-order valence-corrected chi connectivity index (χ3v) is 3.95. The average Bonchev–Trinajstić information content (AvgIpc) is 3.34. The summed E-state index contributed by atoms with van der Waals surface area (Å²) in [7, 11) is 2.12. The second-order valence-corrected chi connectivity index (χ2v) is 6.28. The predicted molar refractivity (Wildman–Crippen MR) is 78.4 cm³/mol. The number of hydrogen-bond donors (Lipinski definition) is 1. The Kier molecular flexibility index (Phi) is 4.76. The first kappa shape index (κ1) is 14.1. The van der Waals surface area contributed by atoms with Gasteiger partial charge in [0, 0.05) is 19.2 Å². The van der Waals surface area contributed by atoms with E-state index in [1.54, 1.807) is 0 Å². The Bertz CT molecular complexity index is 410. The molecule has 0 aromatic carbocycles. The monoisotopic (exact) mass is 278 g/mol. The van der Waals surface area contributed by atoms with E-state index in [2.05, 4.69) is 29.4 Å². The molecule has 1 aromatic rings. The topological polar surface area (TPSA) is 37.6 Å². The van der Waals surface area contributed by atoms with E-state index in [0.717, 1.165) is 56.3 Å². The molecule has 4 heteroatoms. The van der Waals surface area contributed by atoms with Crippen LogP contribution in [0.3, 0.4) is 0 Å². The maximum Gasteiger partial charge on any atom is 0.118 e. The first-order valence-corrected chi connectivity index (χ1v) is 7.87. The zero-order valence-electron chi connectivity index (χ0n) is 12.4. The Morgan fingerprint density at radius 1 is 1.25 bits per heavy atom. The number of nitrogens with one attached hydrogen (secondary N) is 1. The van der Waals surface area contributed by atoms with Crippen molar-refractivity contribution in [3.8, 4) is 0 Å². The van der Waals surface area contributed by atoms with E-state index in [4.69, 9.17) is 9.15 Å². The van der Waals surface area contributed by atoms with E-state index in [-0.39, 0.29) is 0 Å². The van der Waals surface area contributed by atoms with Crippen LogP contribution in [0.4, 0.5) is 0 Å². The molecule has 0 bridgehead atoms. The molecule has 0 atom stereocenters. The molecule has 0 aliphatic heterocycles. The van der Waals surface area contributed by atoms with Gasteiger partial charge in [0.05, 0.1) is 19.7 Å². The summed E-state index contributed by atoms with van der Waals surface area (Å²) < 4.78 is 11.5. The Labute approximate surface area is 121 Å². The van der Waals surface area contributed by atoms with E-state index in [1.165, 1.54) is 25.7 Å². The van der Waals surface area contributed by atoms with Crippen molar-refractivity contribution < 1.29 is 9.15 Å². The van der Waals surface area contributed by atoms with Crippen LogP contribution >= 0.6 is 0 Å². The van der Waals surface area contributed by atoms with Gasteiger partial charge in [0.1, 0.15) is 11.5 Å². The van der Waals surface area contributed by atoms with E-state index in [1.807, 2.05) is 0 Å². The van der Waals surface area contributed by atoms with Crippen LogP contribution < -0.4 is 5.32 Å². The van der Waals surface area contributed by atoms with Crippen molar-refractivity contribution in [2.45, 2.75) is 44.8 Å². The van der Waals surface area contributed by atoms with Gasteiger partial charge in [0.25, 0.3) is 0 Å². The highest BCUT2D eigenvalue weighted by Gasteiger charge is 2.21. The summed E-state index contributed by atoms with van der Waals surface area (Å²) in [6, 6.07) is 4.91. The van der Waals surface area contributed by atoms with E-state index in [0.29, 0.717) is 0 Å². The highest BCUT2D eigenvalue weighted by atomic mass is 16.5. The molecule has 2 fully saturated rings. The van der Waals surface area contributed by atoms with Crippen molar-refractivity contribution in [3.63, 3.8) is 0 Å². The maximum absolute atomic E-state index is 5.84.